The molecular formula is C36H56O5S2. The summed E-state index contributed by atoms with van der Waals surface area (Å²) in [6.45, 7) is 31.7. The maximum Gasteiger partial charge on any atom is 0.311 e. The van der Waals surface area contributed by atoms with Crippen molar-refractivity contribution in [2.75, 3.05) is 0 Å². The number of aromatic hydroxyl groups is 1. The molecule has 0 aliphatic heterocycles. The fourth-order valence-electron chi connectivity index (χ4n) is 4.26. The van der Waals surface area contributed by atoms with Gasteiger partial charge in [0.1, 0.15) is 11.5 Å². The van der Waals surface area contributed by atoms with Gasteiger partial charge in [-0.1, -0.05) is 83.1 Å². The van der Waals surface area contributed by atoms with Gasteiger partial charge in [0, 0.05) is 26.5 Å². The zero-order chi connectivity index (χ0) is 33.7. The van der Waals surface area contributed by atoms with Gasteiger partial charge in [0.15, 0.2) is 0 Å². The SMILES string of the molecule is CC(C)C.Cc1cc(SC(C)(C)Sc2cc(C(C)(C)C)c(O)c(C(C)(C)C)c2)cc(C(C)(C)C)c1OC(=O)CCC(=O)O. The van der Waals surface area contributed by atoms with Crippen LogP contribution in [0.15, 0.2) is 34.1 Å². The zero-order valence-electron chi connectivity index (χ0n) is 29.2. The molecular weight excluding hydrogens is 577 g/mol. The van der Waals surface area contributed by atoms with Gasteiger partial charge in [-0.25, -0.2) is 0 Å². The van der Waals surface area contributed by atoms with Gasteiger partial charge >= 0.3 is 11.9 Å². The third-order valence-electron chi connectivity index (χ3n) is 6.24. The van der Waals surface area contributed by atoms with Crippen LogP contribution >= 0.6 is 23.5 Å². The number of phenols is 1. The van der Waals surface area contributed by atoms with Crippen molar-refractivity contribution in [3.05, 3.63) is 46.5 Å². The maximum absolute atomic E-state index is 12.4. The average molecular weight is 633 g/mol. The lowest BCUT2D eigenvalue weighted by Crippen LogP contribution is -2.19. The van der Waals surface area contributed by atoms with Crippen molar-refractivity contribution < 1.29 is 24.5 Å². The fourth-order valence-corrected chi connectivity index (χ4v) is 6.91. The maximum atomic E-state index is 12.4. The first-order valence-corrected chi connectivity index (χ1v) is 16.7. The van der Waals surface area contributed by atoms with Gasteiger partial charge in [0.05, 0.1) is 16.9 Å². The smallest absolute Gasteiger partial charge is 0.311 e. The number of carboxylic acids is 1. The molecule has 0 spiro atoms. The van der Waals surface area contributed by atoms with Crippen molar-refractivity contribution in [3.8, 4) is 11.5 Å². The summed E-state index contributed by atoms with van der Waals surface area (Å²) in [5.74, 6) is 0.155. The van der Waals surface area contributed by atoms with E-state index in [2.05, 4.69) is 115 Å². The molecule has 0 bridgehead atoms. The van der Waals surface area contributed by atoms with Crippen molar-refractivity contribution in [2.45, 2.75) is 147 Å². The van der Waals surface area contributed by atoms with Crippen LogP contribution in [0.25, 0.3) is 0 Å². The van der Waals surface area contributed by atoms with Gasteiger partial charge in [0.2, 0.25) is 0 Å². The lowest BCUT2D eigenvalue weighted by atomic mass is 9.79. The third-order valence-corrected chi connectivity index (χ3v) is 8.67. The molecule has 0 fully saturated rings. The second-order valence-corrected chi connectivity index (χ2v) is 19.1. The highest BCUT2D eigenvalue weighted by atomic mass is 32.2. The van der Waals surface area contributed by atoms with E-state index in [1.165, 1.54) is 0 Å². The Labute approximate surface area is 270 Å². The van der Waals surface area contributed by atoms with Crippen LogP contribution in [-0.2, 0) is 25.8 Å². The van der Waals surface area contributed by atoms with E-state index in [0.717, 1.165) is 38.0 Å². The number of carbonyl (C=O) groups is 2. The number of hydrogen-bond acceptors (Lipinski definition) is 6. The molecule has 0 saturated heterocycles. The van der Waals surface area contributed by atoms with E-state index in [0.29, 0.717) is 11.5 Å². The van der Waals surface area contributed by atoms with E-state index < -0.39 is 11.9 Å². The number of carboxylic acid groups (broad SMARTS) is 1. The Morgan fingerprint density at radius 2 is 1.09 bits per heavy atom. The summed E-state index contributed by atoms with van der Waals surface area (Å²) >= 11 is 3.50. The van der Waals surface area contributed by atoms with Gasteiger partial charge in [-0.3, -0.25) is 9.59 Å². The number of hydrogen-bond donors (Lipinski definition) is 2. The van der Waals surface area contributed by atoms with Crippen molar-refractivity contribution in [1.82, 2.24) is 0 Å². The molecule has 0 amide bonds. The summed E-state index contributed by atoms with van der Waals surface area (Å²) < 4.78 is 5.45. The first-order valence-electron chi connectivity index (χ1n) is 15.1. The van der Waals surface area contributed by atoms with E-state index in [-0.39, 0.29) is 33.2 Å². The molecule has 2 aromatic carbocycles. The highest BCUT2D eigenvalue weighted by Crippen LogP contribution is 2.50. The molecule has 0 aliphatic carbocycles. The standard InChI is InChI=1S/C32H46O5S2.C4H10/c1-19-15-20(18-24(31(8,9)10)28(19)37-26(35)14-13-25(33)34)38-32(11,12)39-21-16-22(29(2,3)4)27(36)23(17-21)30(5,6)7;1-4(2)3/h15-18,36H,13-14H2,1-12H3,(H,33,34);4H,1-3H3. The predicted molar refractivity (Wildman–Crippen MR) is 184 cm³/mol. The van der Waals surface area contributed by atoms with Crippen LogP contribution < -0.4 is 4.74 Å². The number of thioether (sulfide) groups is 2. The number of aryl methyl sites for hydroxylation is 1. The van der Waals surface area contributed by atoms with Crippen LogP contribution in [0.4, 0.5) is 0 Å². The van der Waals surface area contributed by atoms with Gasteiger partial charge in [-0.2, -0.15) is 0 Å². The Morgan fingerprint density at radius 3 is 1.47 bits per heavy atom. The first kappa shape index (κ1) is 38.9. The van der Waals surface area contributed by atoms with Gasteiger partial charge in [0.25, 0.3) is 0 Å². The molecule has 7 heteroatoms. The van der Waals surface area contributed by atoms with E-state index >= 15 is 0 Å². The molecule has 5 nitrogen and oxygen atoms in total. The molecule has 0 unspecified atom stereocenters. The molecule has 0 atom stereocenters. The van der Waals surface area contributed by atoms with Crippen molar-refractivity contribution in [1.29, 1.82) is 0 Å². The number of benzene rings is 2. The van der Waals surface area contributed by atoms with E-state index in [4.69, 9.17) is 9.84 Å². The van der Waals surface area contributed by atoms with E-state index in [1.54, 1.807) is 23.5 Å². The van der Waals surface area contributed by atoms with Crippen LogP contribution in [0, 0.1) is 12.8 Å². The Balaban J connectivity index is 0.00000217. The Morgan fingerprint density at radius 1 is 0.721 bits per heavy atom. The second kappa shape index (κ2) is 14.8. The van der Waals surface area contributed by atoms with Crippen LogP contribution in [0.3, 0.4) is 0 Å². The number of phenolic OH excluding ortho intramolecular Hbond substituents is 1. The number of carbonyl (C=O) groups excluding carboxylic acids is 1. The quantitative estimate of drug-likeness (QED) is 0.130. The van der Waals surface area contributed by atoms with E-state index in [1.807, 2.05) is 13.0 Å². The number of rotatable bonds is 8. The van der Waals surface area contributed by atoms with Crippen LogP contribution in [0.2, 0.25) is 0 Å². The van der Waals surface area contributed by atoms with Crippen LogP contribution in [0.5, 0.6) is 11.5 Å². The van der Waals surface area contributed by atoms with Crippen molar-refractivity contribution in [3.63, 3.8) is 0 Å². The molecule has 0 aromatic heterocycles. The zero-order valence-corrected chi connectivity index (χ0v) is 30.9. The molecule has 43 heavy (non-hydrogen) atoms. The van der Waals surface area contributed by atoms with Crippen molar-refractivity contribution in [2.24, 2.45) is 5.92 Å². The summed E-state index contributed by atoms with van der Waals surface area (Å²) in [6.07, 6.45) is -0.425. The Hall–Kier alpha value is -2.12. The minimum Gasteiger partial charge on any atom is -0.507 e. The largest absolute Gasteiger partial charge is 0.507 e. The minimum absolute atomic E-state index is 0.168. The van der Waals surface area contributed by atoms with Gasteiger partial charge < -0.3 is 14.9 Å². The third kappa shape index (κ3) is 12.8. The Kier molecular flexibility index (Phi) is 13.4. The number of ether oxygens (including phenoxy) is 1. The minimum atomic E-state index is -1.02. The average Bonchev–Trinajstić information content (AvgIpc) is 2.77. The highest BCUT2D eigenvalue weighted by Gasteiger charge is 2.30. The molecule has 0 saturated carbocycles. The molecule has 0 aliphatic rings. The lowest BCUT2D eigenvalue weighted by molar-refractivity contribution is -0.142. The Bertz CT molecular complexity index is 1230. The fraction of sp³-hybridized carbons (Fsp3) is 0.611. The topological polar surface area (TPSA) is 83.8 Å². The van der Waals surface area contributed by atoms with E-state index in [9.17, 15) is 14.7 Å². The molecule has 2 aromatic rings. The summed E-state index contributed by atoms with van der Waals surface area (Å²) in [5.41, 5.74) is 2.94. The highest BCUT2D eigenvalue weighted by molar-refractivity contribution is 8.18. The molecule has 2 rings (SSSR count). The number of esters is 1. The number of aliphatic carboxylic acids is 1. The lowest BCUT2D eigenvalue weighted by Gasteiger charge is -2.30. The summed E-state index contributed by atoms with van der Waals surface area (Å²) in [7, 11) is 0. The second-order valence-electron chi connectivity index (χ2n) is 15.4. The summed E-state index contributed by atoms with van der Waals surface area (Å²) in [5, 5.41) is 20.0. The van der Waals surface area contributed by atoms with Gasteiger partial charge in [-0.05, 0) is 72.8 Å². The van der Waals surface area contributed by atoms with Crippen LogP contribution in [0.1, 0.15) is 132 Å². The van der Waals surface area contributed by atoms with Gasteiger partial charge in [-0.15, -0.1) is 23.5 Å². The van der Waals surface area contributed by atoms with Crippen molar-refractivity contribution >= 4 is 35.5 Å². The normalized spacial score (nSPS) is 12.6. The molecule has 2 N–H and O–H groups in total. The predicted octanol–water partition coefficient (Wildman–Crippen LogP) is 10.6. The summed E-state index contributed by atoms with van der Waals surface area (Å²) in [4.78, 5) is 25.4. The molecule has 0 radical (unpaired) electrons. The first-order chi connectivity index (χ1) is 19.2. The van der Waals surface area contributed by atoms with Crippen LogP contribution in [-0.4, -0.2) is 26.2 Å². The monoisotopic (exact) mass is 632 g/mol. The molecule has 242 valence electrons. The molecule has 0 heterocycles. The summed E-state index contributed by atoms with van der Waals surface area (Å²) in [6, 6.07) is 8.34.